The normalized spacial score (nSPS) is 11.1. The molecule has 0 atom stereocenters. The van der Waals surface area contributed by atoms with Gasteiger partial charge in [-0.05, 0) is 51.9 Å². The van der Waals surface area contributed by atoms with Crippen LogP contribution in [0.4, 0.5) is 0 Å². The Morgan fingerprint density at radius 1 is 0.371 bits per heavy atom. The number of benzene rings is 8. The topological polar surface area (TPSA) is 56.5 Å². The molecule has 6 heteroatoms. The van der Waals surface area contributed by atoms with Crippen molar-refractivity contribution in [1.82, 2.24) is 24.5 Å². The molecule has 11 rings (SSSR count). The van der Waals surface area contributed by atoms with Gasteiger partial charge in [-0.2, -0.15) is 24.3 Å². The van der Waals surface area contributed by atoms with E-state index in [1.165, 1.54) is 10.8 Å². The maximum Gasteiger partial charge on any atom is 1.00 e. The molecule has 0 amide bonds. The number of hydrogen-bond acceptors (Lipinski definition) is 4. The Morgan fingerprint density at radius 2 is 0.919 bits per heavy atom. The van der Waals surface area contributed by atoms with Crippen LogP contribution in [0.3, 0.4) is 0 Å². The number of hydrogen-bond donors (Lipinski definition) is 0. The van der Waals surface area contributed by atoms with Crippen LogP contribution in [0.5, 0.6) is 0 Å². The molecule has 0 fully saturated rings. The number of fused-ring (bicyclic) bond motifs is 3. The van der Waals surface area contributed by atoms with Crippen molar-refractivity contribution < 1.29 is 29.6 Å². The van der Waals surface area contributed by atoms with Crippen molar-refractivity contribution in [2.75, 3.05) is 0 Å². The third-order valence-corrected chi connectivity index (χ3v) is 11.1. The summed E-state index contributed by atoms with van der Waals surface area (Å²) in [6, 6.07) is 78.0. The Hall–Kier alpha value is -7.28. The van der Waals surface area contributed by atoms with Gasteiger partial charge in [-0.3, -0.25) is 4.98 Å². The Morgan fingerprint density at radius 3 is 1.56 bits per heavy atom. The molecule has 62 heavy (non-hydrogen) atoms. The standard InChI is InChI=1S/C56H35N5.Na/c1-5-17-39(18-6-1)46-25-13-14-26-47(46)44-36-50(56-59-54(41-19-7-2-8-20-41)58-55(60-56)42-21-9-3-10-22-42)53(57-37-44)40-31-29-38(30-32-40)43-33-34-52-49(35-43)48-27-15-16-28-51(48)61(52)45-23-11-4-12-24-45;/h1-29,31-32,34-37H;/q-2;+1. The SMILES string of the molecule is [Na+].[c-]1cc(-c2ncc(-c3ccccc3-c3ccccc3)cc2-c2nc(-c3ccccc3)nc(-c3ccccc3)n2)ccc1-c1[c-]cc2c(c1)c1ccccc1n2-c1ccccc1. The molecular formula is C56H35N5Na-. The van der Waals surface area contributed by atoms with Crippen LogP contribution in [-0.4, -0.2) is 24.5 Å². The largest absolute Gasteiger partial charge is 1.00 e. The monoisotopic (exact) mass is 800 g/mol. The fourth-order valence-corrected chi connectivity index (χ4v) is 8.21. The summed E-state index contributed by atoms with van der Waals surface area (Å²) in [5, 5.41) is 2.36. The maximum atomic E-state index is 5.22. The average molecular weight is 801 g/mol. The summed E-state index contributed by atoms with van der Waals surface area (Å²) in [6.45, 7) is 0. The average Bonchev–Trinajstić information content (AvgIpc) is 3.68. The summed E-state index contributed by atoms with van der Waals surface area (Å²) in [4.78, 5) is 20.5. The summed E-state index contributed by atoms with van der Waals surface area (Å²) >= 11 is 0. The summed E-state index contributed by atoms with van der Waals surface area (Å²) in [6.07, 6.45) is 1.95. The van der Waals surface area contributed by atoms with E-state index in [0.717, 1.165) is 78.0 Å². The van der Waals surface area contributed by atoms with Crippen molar-refractivity contribution in [3.05, 3.63) is 225 Å². The minimum atomic E-state index is 0. The van der Waals surface area contributed by atoms with Gasteiger partial charge in [0.2, 0.25) is 0 Å². The summed E-state index contributed by atoms with van der Waals surface area (Å²) in [5.74, 6) is 1.71. The first-order valence-electron chi connectivity index (χ1n) is 20.3. The molecule has 0 aliphatic rings. The van der Waals surface area contributed by atoms with Crippen LogP contribution < -0.4 is 29.6 Å². The second-order valence-corrected chi connectivity index (χ2v) is 14.9. The van der Waals surface area contributed by atoms with Crippen LogP contribution in [-0.2, 0) is 0 Å². The maximum absolute atomic E-state index is 5.22. The molecule has 5 nitrogen and oxygen atoms in total. The first-order chi connectivity index (χ1) is 30.2. The van der Waals surface area contributed by atoms with Gasteiger partial charge in [0.1, 0.15) is 0 Å². The summed E-state index contributed by atoms with van der Waals surface area (Å²) < 4.78 is 2.31. The number of aromatic nitrogens is 5. The van der Waals surface area contributed by atoms with Gasteiger partial charge < -0.3 is 4.57 Å². The Labute approximate surface area is 382 Å². The van der Waals surface area contributed by atoms with Crippen LogP contribution in [0.2, 0.25) is 0 Å². The van der Waals surface area contributed by atoms with E-state index in [-0.39, 0.29) is 29.6 Å². The minimum absolute atomic E-state index is 0. The predicted molar refractivity (Wildman–Crippen MR) is 248 cm³/mol. The van der Waals surface area contributed by atoms with E-state index in [0.29, 0.717) is 17.5 Å². The van der Waals surface area contributed by atoms with E-state index in [1.807, 2.05) is 85.1 Å². The first kappa shape index (κ1) is 38.9. The molecule has 0 N–H and O–H groups in total. The number of nitrogens with zero attached hydrogens (tertiary/aromatic N) is 5. The zero-order chi connectivity index (χ0) is 40.5. The van der Waals surface area contributed by atoms with Crippen LogP contribution in [0.25, 0.3) is 106 Å². The molecule has 3 heterocycles. The van der Waals surface area contributed by atoms with Gasteiger partial charge in [0.25, 0.3) is 0 Å². The molecule has 0 radical (unpaired) electrons. The molecule has 11 aromatic rings. The molecule has 286 valence electrons. The van der Waals surface area contributed by atoms with E-state index in [4.69, 9.17) is 19.9 Å². The van der Waals surface area contributed by atoms with Gasteiger partial charge in [0.05, 0.1) is 0 Å². The zero-order valence-corrected chi connectivity index (χ0v) is 35.9. The minimum Gasteiger partial charge on any atom is -0.351 e. The smallest absolute Gasteiger partial charge is 0.351 e. The molecule has 0 aliphatic heterocycles. The Balaban J connectivity index is 0.00000458. The molecule has 0 saturated carbocycles. The van der Waals surface area contributed by atoms with Crippen molar-refractivity contribution in [2.24, 2.45) is 0 Å². The number of rotatable bonds is 8. The second kappa shape index (κ2) is 17.0. The van der Waals surface area contributed by atoms with Crippen LogP contribution in [0.1, 0.15) is 0 Å². The van der Waals surface area contributed by atoms with Gasteiger partial charge >= 0.3 is 29.6 Å². The van der Waals surface area contributed by atoms with Crippen molar-refractivity contribution in [3.63, 3.8) is 0 Å². The Kier molecular flexibility index (Phi) is 10.7. The van der Waals surface area contributed by atoms with Crippen molar-refractivity contribution in [2.45, 2.75) is 0 Å². The van der Waals surface area contributed by atoms with Crippen molar-refractivity contribution >= 4 is 21.8 Å². The van der Waals surface area contributed by atoms with Crippen LogP contribution in [0, 0.1) is 12.1 Å². The van der Waals surface area contributed by atoms with Gasteiger partial charge in [-0.1, -0.05) is 163 Å². The second-order valence-electron chi connectivity index (χ2n) is 14.9. The van der Waals surface area contributed by atoms with Crippen molar-refractivity contribution in [3.8, 4) is 84.5 Å². The van der Waals surface area contributed by atoms with Gasteiger partial charge in [0, 0.05) is 45.3 Å². The molecule has 0 spiro atoms. The van der Waals surface area contributed by atoms with Gasteiger partial charge in [-0.25, -0.2) is 26.1 Å². The molecule has 0 saturated heterocycles. The molecule has 3 aromatic heterocycles. The number of para-hydroxylation sites is 2. The molecule has 0 aliphatic carbocycles. The first-order valence-corrected chi connectivity index (χ1v) is 20.3. The molecule has 0 unspecified atom stereocenters. The fraction of sp³-hybridized carbons (Fsp3) is 0. The van der Waals surface area contributed by atoms with Crippen molar-refractivity contribution in [1.29, 1.82) is 0 Å². The zero-order valence-electron chi connectivity index (χ0n) is 33.9. The van der Waals surface area contributed by atoms with Gasteiger partial charge in [0.15, 0.2) is 17.5 Å². The predicted octanol–water partition coefficient (Wildman–Crippen LogP) is 10.6. The fourth-order valence-electron chi connectivity index (χ4n) is 8.21. The van der Waals surface area contributed by atoms with E-state index < -0.39 is 0 Å². The van der Waals surface area contributed by atoms with E-state index >= 15 is 0 Å². The third kappa shape index (κ3) is 7.33. The summed E-state index contributed by atoms with van der Waals surface area (Å²) in [7, 11) is 0. The third-order valence-electron chi connectivity index (χ3n) is 11.1. The van der Waals surface area contributed by atoms with E-state index in [2.05, 4.69) is 144 Å². The van der Waals surface area contributed by atoms with Crippen LogP contribution in [0.15, 0.2) is 212 Å². The van der Waals surface area contributed by atoms with E-state index in [1.54, 1.807) is 0 Å². The molecular weight excluding hydrogens is 766 g/mol. The van der Waals surface area contributed by atoms with Gasteiger partial charge in [-0.15, -0.1) is 18.2 Å². The summed E-state index contributed by atoms with van der Waals surface area (Å²) in [5.41, 5.74) is 13.8. The molecule has 0 bridgehead atoms. The Bertz CT molecular complexity index is 3270. The number of pyridine rings is 1. The quantitative estimate of drug-likeness (QED) is 0.113. The van der Waals surface area contributed by atoms with E-state index in [9.17, 15) is 0 Å². The molecule has 8 aromatic carbocycles. The van der Waals surface area contributed by atoms with Crippen LogP contribution >= 0.6 is 0 Å².